The van der Waals surface area contributed by atoms with Crippen molar-refractivity contribution in [1.29, 1.82) is 0 Å². The smallest absolute Gasteiger partial charge is 0.226 e. The number of ether oxygens (including phenoxy) is 2. The molecular weight excluding hydrogens is 360 g/mol. The van der Waals surface area contributed by atoms with E-state index in [1.165, 1.54) is 11.3 Å². The Bertz CT molecular complexity index is 873. The van der Waals surface area contributed by atoms with Gasteiger partial charge in [-0.25, -0.2) is 4.98 Å². The van der Waals surface area contributed by atoms with E-state index >= 15 is 0 Å². The molecule has 6 heteroatoms. The molecule has 3 rings (SSSR count). The van der Waals surface area contributed by atoms with Crippen molar-refractivity contribution < 1.29 is 14.3 Å². The van der Waals surface area contributed by atoms with Crippen molar-refractivity contribution in [2.24, 2.45) is 0 Å². The van der Waals surface area contributed by atoms with Crippen molar-refractivity contribution in [3.63, 3.8) is 0 Å². The molecule has 1 heterocycles. The highest BCUT2D eigenvalue weighted by molar-refractivity contribution is 7.14. The van der Waals surface area contributed by atoms with Crippen LogP contribution in [-0.4, -0.2) is 24.6 Å². The third kappa shape index (κ3) is 5.31. The maximum absolute atomic E-state index is 12.2. The van der Waals surface area contributed by atoms with Crippen molar-refractivity contribution in [1.82, 2.24) is 4.98 Å². The summed E-state index contributed by atoms with van der Waals surface area (Å²) in [6.45, 7) is 2.60. The van der Waals surface area contributed by atoms with E-state index in [0.29, 0.717) is 24.6 Å². The van der Waals surface area contributed by atoms with Gasteiger partial charge in [-0.2, -0.15) is 0 Å². The summed E-state index contributed by atoms with van der Waals surface area (Å²) < 4.78 is 10.6. The first-order chi connectivity index (χ1) is 13.2. The van der Waals surface area contributed by atoms with Gasteiger partial charge in [0.05, 0.1) is 19.4 Å². The predicted octanol–water partition coefficient (Wildman–Crippen LogP) is 4.79. The van der Waals surface area contributed by atoms with E-state index < -0.39 is 0 Å². The number of benzene rings is 2. The summed E-state index contributed by atoms with van der Waals surface area (Å²) in [6, 6.07) is 15.5. The normalized spacial score (nSPS) is 10.4. The number of aryl methyl sites for hydroxylation is 1. The molecule has 3 aromatic rings. The largest absolute Gasteiger partial charge is 0.497 e. The molecule has 0 fully saturated rings. The van der Waals surface area contributed by atoms with Crippen LogP contribution in [-0.2, 0) is 11.2 Å². The first kappa shape index (κ1) is 18.9. The lowest BCUT2D eigenvalue weighted by Crippen LogP contribution is -2.12. The van der Waals surface area contributed by atoms with Gasteiger partial charge in [-0.3, -0.25) is 4.79 Å². The lowest BCUT2D eigenvalue weighted by molar-refractivity contribution is -0.116. The monoisotopic (exact) mass is 382 g/mol. The fourth-order valence-corrected chi connectivity index (χ4v) is 3.32. The zero-order valence-electron chi connectivity index (χ0n) is 15.4. The molecule has 140 valence electrons. The van der Waals surface area contributed by atoms with Crippen LogP contribution in [0.15, 0.2) is 53.9 Å². The highest BCUT2D eigenvalue weighted by atomic mass is 32.1. The molecule has 0 saturated carbocycles. The fourth-order valence-electron chi connectivity index (χ4n) is 2.58. The van der Waals surface area contributed by atoms with Gasteiger partial charge in [0.2, 0.25) is 5.91 Å². The van der Waals surface area contributed by atoms with Gasteiger partial charge in [0.1, 0.15) is 11.5 Å². The fraction of sp³-hybridized carbons (Fsp3) is 0.238. The van der Waals surface area contributed by atoms with Gasteiger partial charge in [-0.1, -0.05) is 12.1 Å². The van der Waals surface area contributed by atoms with E-state index in [9.17, 15) is 4.79 Å². The molecular formula is C21H22N2O3S. The molecule has 0 radical (unpaired) electrons. The Morgan fingerprint density at radius 2 is 1.78 bits per heavy atom. The Morgan fingerprint density at radius 3 is 2.44 bits per heavy atom. The van der Waals surface area contributed by atoms with E-state index in [2.05, 4.69) is 10.3 Å². The second-order valence-corrected chi connectivity index (χ2v) is 6.75. The van der Waals surface area contributed by atoms with Crippen molar-refractivity contribution >= 4 is 22.4 Å². The summed E-state index contributed by atoms with van der Waals surface area (Å²) in [5, 5.41) is 5.42. The summed E-state index contributed by atoms with van der Waals surface area (Å²) in [5.41, 5.74) is 2.93. The van der Waals surface area contributed by atoms with E-state index in [1.807, 2.05) is 60.8 Å². The predicted molar refractivity (Wildman–Crippen MR) is 109 cm³/mol. The lowest BCUT2D eigenvalue weighted by atomic mass is 10.1. The molecule has 0 unspecified atom stereocenters. The first-order valence-corrected chi connectivity index (χ1v) is 9.67. The van der Waals surface area contributed by atoms with Gasteiger partial charge < -0.3 is 14.8 Å². The number of hydrogen-bond donors (Lipinski definition) is 1. The van der Waals surface area contributed by atoms with Gasteiger partial charge in [0, 0.05) is 17.4 Å². The zero-order chi connectivity index (χ0) is 19.1. The molecule has 0 saturated heterocycles. The number of anilines is 1. The van der Waals surface area contributed by atoms with Crippen LogP contribution in [0.5, 0.6) is 11.5 Å². The molecule has 1 aromatic heterocycles. The Balaban J connectivity index is 1.52. The zero-order valence-corrected chi connectivity index (χ0v) is 16.2. The number of hydrogen-bond acceptors (Lipinski definition) is 5. The minimum atomic E-state index is -0.0421. The van der Waals surface area contributed by atoms with Crippen molar-refractivity contribution in [3.8, 4) is 22.8 Å². The van der Waals surface area contributed by atoms with Crippen LogP contribution < -0.4 is 14.8 Å². The highest BCUT2D eigenvalue weighted by Gasteiger charge is 2.09. The third-order valence-electron chi connectivity index (χ3n) is 4.01. The van der Waals surface area contributed by atoms with Crippen molar-refractivity contribution in [2.45, 2.75) is 19.8 Å². The summed E-state index contributed by atoms with van der Waals surface area (Å²) in [4.78, 5) is 16.7. The standard InChI is InChI=1S/C21H22N2O3S/c1-3-26-18-9-4-15(5-10-18)6-13-20(24)23-21-22-19(14-27-21)16-7-11-17(25-2)12-8-16/h4-5,7-12,14H,3,6,13H2,1-2H3,(H,22,23,24). The Kier molecular flexibility index (Phi) is 6.44. The van der Waals surface area contributed by atoms with E-state index in [0.717, 1.165) is 28.3 Å². The van der Waals surface area contributed by atoms with Crippen molar-refractivity contribution in [3.05, 3.63) is 59.5 Å². The SMILES string of the molecule is CCOc1ccc(CCC(=O)Nc2nc(-c3ccc(OC)cc3)cs2)cc1. The Hall–Kier alpha value is -2.86. The molecule has 0 bridgehead atoms. The molecule has 0 aliphatic carbocycles. The first-order valence-electron chi connectivity index (χ1n) is 8.79. The van der Waals surface area contributed by atoms with Gasteiger partial charge >= 0.3 is 0 Å². The second-order valence-electron chi connectivity index (χ2n) is 5.89. The number of carbonyl (C=O) groups excluding carboxylic acids is 1. The van der Waals surface area contributed by atoms with Gasteiger partial charge in [0.25, 0.3) is 0 Å². The topological polar surface area (TPSA) is 60.5 Å². The van der Waals surface area contributed by atoms with E-state index in [4.69, 9.17) is 9.47 Å². The number of carbonyl (C=O) groups is 1. The average molecular weight is 382 g/mol. The minimum absolute atomic E-state index is 0.0421. The maximum atomic E-state index is 12.2. The molecule has 0 spiro atoms. The summed E-state index contributed by atoms with van der Waals surface area (Å²) >= 11 is 1.42. The van der Waals surface area contributed by atoms with Gasteiger partial charge in [-0.15, -0.1) is 11.3 Å². The van der Waals surface area contributed by atoms with Gasteiger partial charge in [-0.05, 0) is 55.3 Å². The molecule has 0 atom stereocenters. The summed E-state index contributed by atoms with van der Waals surface area (Å²) in [7, 11) is 1.64. The van der Waals surface area contributed by atoms with Crippen LogP contribution in [0, 0.1) is 0 Å². The van der Waals surface area contributed by atoms with Crippen LogP contribution in [0.25, 0.3) is 11.3 Å². The number of amides is 1. The number of methoxy groups -OCH3 is 1. The quantitative estimate of drug-likeness (QED) is 0.609. The van der Waals surface area contributed by atoms with Crippen molar-refractivity contribution in [2.75, 3.05) is 19.0 Å². The van der Waals surface area contributed by atoms with Crippen LogP contribution in [0.2, 0.25) is 0 Å². The lowest BCUT2D eigenvalue weighted by Gasteiger charge is -2.05. The number of aromatic nitrogens is 1. The van der Waals surface area contributed by atoms with E-state index in [-0.39, 0.29) is 5.91 Å². The number of nitrogens with zero attached hydrogens (tertiary/aromatic N) is 1. The average Bonchev–Trinajstić information content (AvgIpc) is 3.16. The van der Waals surface area contributed by atoms with Crippen LogP contribution >= 0.6 is 11.3 Å². The summed E-state index contributed by atoms with van der Waals surface area (Å²) in [6.07, 6.45) is 1.08. The molecule has 1 amide bonds. The summed E-state index contributed by atoms with van der Waals surface area (Å²) in [5.74, 6) is 1.61. The molecule has 0 aliphatic heterocycles. The van der Waals surface area contributed by atoms with E-state index in [1.54, 1.807) is 7.11 Å². The number of nitrogens with one attached hydrogen (secondary N) is 1. The molecule has 2 aromatic carbocycles. The molecule has 1 N–H and O–H groups in total. The van der Waals surface area contributed by atoms with Crippen LogP contribution in [0.4, 0.5) is 5.13 Å². The van der Waals surface area contributed by atoms with Crippen LogP contribution in [0.1, 0.15) is 18.9 Å². The van der Waals surface area contributed by atoms with Crippen LogP contribution in [0.3, 0.4) is 0 Å². The highest BCUT2D eigenvalue weighted by Crippen LogP contribution is 2.26. The third-order valence-corrected chi connectivity index (χ3v) is 4.77. The molecule has 5 nitrogen and oxygen atoms in total. The number of thiazole rings is 1. The number of rotatable bonds is 8. The maximum Gasteiger partial charge on any atom is 0.226 e. The Labute approximate surface area is 163 Å². The molecule has 0 aliphatic rings. The minimum Gasteiger partial charge on any atom is -0.497 e. The Morgan fingerprint density at radius 1 is 1.07 bits per heavy atom. The second kappa shape index (κ2) is 9.19. The molecule has 27 heavy (non-hydrogen) atoms. The van der Waals surface area contributed by atoms with Gasteiger partial charge in [0.15, 0.2) is 5.13 Å².